The van der Waals surface area contributed by atoms with Crippen molar-refractivity contribution >= 4 is 5.97 Å². The molecule has 31 heavy (non-hydrogen) atoms. The van der Waals surface area contributed by atoms with Gasteiger partial charge >= 0.3 is 5.97 Å². The van der Waals surface area contributed by atoms with Gasteiger partial charge in [-0.15, -0.1) is 0 Å². The van der Waals surface area contributed by atoms with Gasteiger partial charge in [-0.3, -0.25) is 4.79 Å². The van der Waals surface area contributed by atoms with Crippen LogP contribution in [0.25, 0.3) is 11.3 Å². The van der Waals surface area contributed by atoms with Gasteiger partial charge in [0.05, 0.1) is 25.5 Å². The lowest BCUT2D eigenvalue weighted by Crippen LogP contribution is -2.32. The van der Waals surface area contributed by atoms with Gasteiger partial charge in [0.15, 0.2) is 16.9 Å². The van der Waals surface area contributed by atoms with Crippen LogP contribution in [0.3, 0.4) is 0 Å². The summed E-state index contributed by atoms with van der Waals surface area (Å²) in [6.45, 7) is 4.79. The van der Waals surface area contributed by atoms with Gasteiger partial charge in [-0.2, -0.15) is 5.26 Å². The van der Waals surface area contributed by atoms with E-state index in [0.717, 1.165) is 24.0 Å². The number of ether oxygens (including phenoxy) is 2. The molecule has 0 saturated heterocycles. The van der Waals surface area contributed by atoms with E-state index in [1.165, 1.54) is 12.3 Å². The summed E-state index contributed by atoms with van der Waals surface area (Å²) in [5, 5.41) is 18.3. The zero-order valence-electron chi connectivity index (χ0n) is 18.0. The fourth-order valence-electron chi connectivity index (χ4n) is 5.14. The molecule has 0 amide bonds. The largest absolute Gasteiger partial charge is 0.493 e. The number of pyridine rings is 1. The third-order valence-electron chi connectivity index (χ3n) is 6.59. The molecule has 0 unspecified atom stereocenters. The zero-order valence-corrected chi connectivity index (χ0v) is 18.0. The Balaban J connectivity index is 1.90. The number of rotatable bonds is 6. The third-order valence-corrected chi connectivity index (χ3v) is 6.59. The van der Waals surface area contributed by atoms with Gasteiger partial charge in [-0.05, 0) is 42.4 Å². The van der Waals surface area contributed by atoms with Crippen molar-refractivity contribution in [2.24, 2.45) is 5.41 Å². The van der Waals surface area contributed by atoms with Crippen molar-refractivity contribution < 1.29 is 19.4 Å². The van der Waals surface area contributed by atoms with Crippen molar-refractivity contribution in [3.8, 4) is 28.8 Å². The second kappa shape index (κ2) is 7.77. The molecule has 1 aliphatic carbocycles. The number of fused-ring (bicyclic) bond motifs is 6. The van der Waals surface area contributed by atoms with Crippen LogP contribution >= 0.6 is 0 Å². The van der Waals surface area contributed by atoms with Crippen molar-refractivity contribution in [1.82, 2.24) is 4.57 Å². The summed E-state index contributed by atoms with van der Waals surface area (Å²) in [4.78, 5) is 24.2. The van der Waals surface area contributed by atoms with Crippen molar-refractivity contribution in [2.75, 3.05) is 13.7 Å². The minimum atomic E-state index is -1.21. The van der Waals surface area contributed by atoms with E-state index in [-0.39, 0.29) is 22.9 Å². The van der Waals surface area contributed by atoms with Crippen LogP contribution < -0.4 is 14.9 Å². The molecule has 0 radical (unpaired) electrons. The number of benzene rings is 1. The molecule has 2 atom stereocenters. The van der Waals surface area contributed by atoms with Crippen LogP contribution in [0.5, 0.6) is 11.5 Å². The molecule has 7 heteroatoms. The fraction of sp³-hybridized carbons (Fsp3) is 0.458. The maximum Gasteiger partial charge on any atom is 0.341 e. The molecule has 1 aromatic heterocycles. The van der Waals surface area contributed by atoms with Crippen molar-refractivity contribution in [3.05, 3.63) is 45.7 Å². The number of hydrogen-bond acceptors (Lipinski definition) is 5. The predicted molar refractivity (Wildman–Crippen MR) is 115 cm³/mol. The van der Waals surface area contributed by atoms with Crippen LogP contribution in [-0.2, 0) is 0 Å². The highest BCUT2D eigenvalue weighted by Crippen LogP contribution is 2.59. The minimum absolute atomic E-state index is 0.0357. The van der Waals surface area contributed by atoms with Crippen molar-refractivity contribution in [2.45, 2.75) is 51.5 Å². The van der Waals surface area contributed by atoms with Gasteiger partial charge in [-0.25, -0.2) is 4.79 Å². The molecule has 2 aromatic rings. The Morgan fingerprint density at radius 2 is 2.10 bits per heavy atom. The molecule has 4 rings (SSSR count). The second-order valence-corrected chi connectivity index (χ2v) is 8.93. The summed E-state index contributed by atoms with van der Waals surface area (Å²) in [7, 11) is 1.56. The average molecular weight is 422 g/mol. The molecular weight excluding hydrogens is 396 g/mol. The Morgan fingerprint density at radius 3 is 2.77 bits per heavy atom. The number of nitriles is 1. The van der Waals surface area contributed by atoms with E-state index in [1.807, 2.05) is 16.7 Å². The highest BCUT2D eigenvalue weighted by Gasteiger charge is 2.47. The number of hydrogen-bond donors (Lipinski definition) is 1. The van der Waals surface area contributed by atoms with E-state index in [0.29, 0.717) is 36.6 Å². The first-order valence-electron chi connectivity index (χ1n) is 10.5. The fourth-order valence-corrected chi connectivity index (χ4v) is 5.14. The highest BCUT2D eigenvalue weighted by molar-refractivity contribution is 5.88. The maximum absolute atomic E-state index is 12.5. The minimum Gasteiger partial charge on any atom is -0.493 e. The van der Waals surface area contributed by atoms with Gasteiger partial charge in [0.1, 0.15) is 5.56 Å². The van der Waals surface area contributed by atoms with E-state index >= 15 is 0 Å². The SMILES string of the molecule is COc1cc2c(cc1OCCCC#N)[C@@H]1CCC(C)(C)[C@@H]1n1cc(C(=O)O)c(=O)cc1-2. The predicted octanol–water partition coefficient (Wildman–Crippen LogP) is 4.36. The molecule has 162 valence electrons. The zero-order chi connectivity index (χ0) is 22.3. The standard InChI is InChI=1S/C24H26N2O5/c1-24(2)7-6-14-15-10-21(31-9-5-4-8-25)20(30-3)11-16(15)18-12-19(27)17(23(28)29)13-26(18)22(14)24/h10-14,22H,4-7,9H2,1-3H3,(H,28,29)/t14-,22+/m0/s1. The summed E-state index contributed by atoms with van der Waals surface area (Å²) >= 11 is 0. The van der Waals surface area contributed by atoms with E-state index in [4.69, 9.17) is 14.7 Å². The molecule has 2 aliphatic rings. The number of aromatic carboxylic acids is 1. The van der Waals surface area contributed by atoms with Crippen LogP contribution in [0.15, 0.2) is 29.2 Å². The quantitative estimate of drug-likeness (QED) is 0.694. The van der Waals surface area contributed by atoms with Crippen LogP contribution in [0.4, 0.5) is 0 Å². The van der Waals surface area contributed by atoms with Gasteiger partial charge < -0.3 is 19.1 Å². The molecule has 0 spiro atoms. The summed E-state index contributed by atoms with van der Waals surface area (Å²) < 4.78 is 13.5. The molecule has 1 saturated carbocycles. The average Bonchev–Trinajstić information content (AvgIpc) is 3.05. The monoisotopic (exact) mass is 422 g/mol. The molecule has 7 nitrogen and oxygen atoms in total. The molecule has 1 N–H and O–H groups in total. The van der Waals surface area contributed by atoms with Gasteiger partial charge in [-0.1, -0.05) is 13.8 Å². The summed E-state index contributed by atoms with van der Waals surface area (Å²) in [5.74, 6) is 0.138. The molecule has 1 aromatic carbocycles. The Labute approximate surface area is 180 Å². The number of carboxylic acids is 1. The summed E-state index contributed by atoms with van der Waals surface area (Å²) in [6, 6.07) is 7.46. The van der Waals surface area contributed by atoms with Crippen LogP contribution in [0.2, 0.25) is 0 Å². The topological polar surface area (TPSA) is 102 Å². The highest BCUT2D eigenvalue weighted by atomic mass is 16.5. The molecular formula is C24H26N2O5. The number of methoxy groups -OCH3 is 1. The van der Waals surface area contributed by atoms with E-state index in [2.05, 4.69) is 19.9 Å². The first kappa shape index (κ1) is 21.0. The Hall–Kier alpha value is -3.27. The Morgan fingerprint density at radius 1 is 1.32 bits per heavy atom. The molecule has 1 fully saturated rings. The van der Waals surface area contributed by atoms with Crippen LogP contribution in [-0.4, -0.2) is 29.4 Å². The molecule has 0 bridgehead atoms. The number of aromatic nitrogens is 1. The first-order chi connectivity index (χ1) is 14.8. The first-order valence-corrected chi connectivity index (χ1v) is 10.5. The van der Waals surface area contributed by atoms with Crippen LogP contribution in [0, 0.1) is 16.7 Å². The van der Waals surface area contributed by atoms with E-state index in [9.17, 15) is 14.7 Å². The number of carboxylic acid groups (broad SMARTS) is 1. The second-order valence-electron chi connectivity index (χ2n) is 8.93. The molecule has 2 heterocycles. The van der Waals surface area contributed by atoms with Gasteiger partial charge in [0.25, 0.3) is 0 Å². The van der Waals surface area contributed by atoms with E-state index < -0.39 is 11.4 Å². The maximum atomic E-state index is 12.5. The number of unbranched alkanes of at least 4 members (excludes halogenated alkanes) is 1. The lowest BCUT2D eigenvalue weighted by molar-refractivity contribution is 0.0693. The van der Waals surface area contributed by atoms with Crippen molar-refractivity contribution in [3.63, 3.8) is 0 Å². The van der Waals surface area contributed by atoms with Gasteiger partial charge in [0, 0.05) is 36.2 Å². The molecule has 1 aliphatic heterocycles. The summed E-state index contributed by atoms with van der Waals surface area (Å²) in [6.07, 6.45) is 4.51. The number of carbonyl (C=O) groups is 1. The Bertz CT molecular complexity index is 1140. The van der Waals surface area contributed by atoms with Crippen molar-refractivity contribution in [1.29, 1.82) is 5.26 Å². The smallest absolute Gasteiger partial charge is 0.341 e. The summed E-state index contributed by atoms with van der Waals surface area (Å²) in [5.41, 5.74) is 1.89. The normalized spacial score (nSPS) is 20.2. The lowest BCUT2D eigenvalue weighted by Gasteiger charge is -2.40. The Kier molecular flexibility index (Phi) is 5.26. The third kappa shape index (κ3) is 3.46. The van der Waals surface area contributed by atoms with E-state index in [1.54, 1.807) is 7.11 Å². The van der Waals surface area contributed by atoms with Gasteiger partial charge in [0.2, 0.25) is 0 Å². The lowest BCUT2D eigenvalue weighted by atomic mass is 9.77. The number of nitrogens with zero attached hydrogens (tertiary/aromatic N) is 2. The van der Waals surface area contributed by atoms with Crippen LogP contribution in [0.1, 0.15) is 67.4 Å².